The van der Waals surface area contributed by atoms with Crippen molar-refractivity contribution >= 4 is 24.2 Å². The number of hydrazone groups is 2. The summed E-state index contributed by atoms with van der Waals surface area (Å²) in [6.45, 7) is 4.41. The van der Waals surface area contributed by atoms with E-state index in [0.717, 1.165) is 0 Å². The number of nitrogens with zero attached hydrogens (tertiary/aromatic N) is 2. The molecule has 2 rings (SSSR count). The summed E-state index contributed by atoms with van der Waals surface area (Å²) in [5.74, 6) is -1.55. The molecule has 0 atom stereocenters. The second-order valence-corrected chi connectivity index (χ2v) is 5.72. The third-order valence-electron chi connectivity index (χ3n) is 3.53. The summed E-state index contributed by atoms with van der Waals surface area (Å²) in [7, 11) is 0. The van der Waals surface area contributed by atoms with Gasteiger partial charge >= 0.3 is 11.8 Å². The molecule has 0 radical (unpaired) electrons. The normalized spacial score (nSPS) is 10.9. The number of carbonyl (C=O) groups excluding carboxylic acids is 2. The molecule has 158 valence electrons. The van der Waals surface area contributed by atoms with Crippen molar-refractivity contribution < 1.29 is 29.3 Å². The number of hydrogen-bond donors (Lipinski definition) is 4. The van der Waals surface area contributed by atoms with Gasteiger partial charge in [0.15, 0.2) is 23.0 Å². The average Bonchev–Trinajstić information content (AvgIpc) is 2.72. The fraction of sp³-hybridized carbons (Fsp3) is 0.200. The van der Waals surface area contributed by atoms with E-state index in [2.05, 4.69) is 10.2 Å². The molecule has 0 spiro atoms. The molecule has 0 saturated heterocycles. The highest BCUT2D eigenvalue weighted by atomic mass is 16.5. The van der Waals surface area contributed by atoms with Crippen LogP contribution < -0.4 is 20.3 Å². The molecule has 0 saturated carbocycles. The van der Waals surface area contributed by atoms with Crippen molar-refractivity contribution in [2.45, 2.75) is 13.8 Å². The Bertz CT molecular complexity index is 881. The first-order valence-electron chi connectivity index (χ1n) is 9.02. The molecule has 2 aromatic rings. The maximum atomic E-state index is 11.7. The average molecular weight is 414 g/mol. The third-order valence-corrected chi connectivity index (χ3v) is 3.53. The van der Waals surface area contributed by atoms with Crippen molar-refractivity contribution in [3.63, 3.8) is 0 Å². The minimum Gasteiger partial charge on any atom is -0.504 e. The zero-order valence-electron chi connectivity index (χ0n) is 16.5. The molecule has 0 aromatic heterocycles. The summed E-state index contributed by atoms with van der Waals surface area (Å²) in [5.41, 5.74) is 5.07. The Labute approximate surface area is 172 Å². The van der Waals surface area contributed by atoms with Gasteiger partial charge in [-0.1, -0.05) is 0 Å². The van der Waals surface area contributed by atoms with Gasteiger partial charge in [0.05, 0.1) is 25.6 Å². The number of carbonyl (C=O) groups is 2. The topological polar surface area (TPSA) is 142 Å². The summed E-state index contributed by atoms with van der Waals surface area (Å²) in [4.78, 5) is 23.4. The van der Waals surface area contributed by atoms with E-state index in [4.69, 9.17) is 9.47 Å². The minimum atomic E-state index is -1.03. The third kappa shape index (κ3) is 6.51. The van der Waals surface area contributed by atoms with Gasteiger partial charge in [-0.25, -0.2) is 10.9 Å². The molecule has 0 aliphatic carbocycles. The minimum absolute atomic E-state index is 0.0699. The number of rotatable bonds is 8. The van der Waals surface area contributed by atoms with Crippen LogP contribution in [0, 0.1) is 0 Å². The summed E-state index contributed by atoms with van der Waals surface area (Å²) in [6.07, 6.45) is 2.51. The van der Waals surface area contributed by atoms with Crippen LogP contribution in [-0.2, 0) is 9.59 Å². The number of phenolic OH excluding ortho intramolecular Hbond substituents is 2. The fourth-order valence-corrected chi connectivity index (χ4v) is 2.22. The van der Waals surface area contributed by atoms with Gasteiger partial charge in [-0.15, -0.1) is 0 Å². The van der Waals surface area contributed by atoms with Crippen molar-refractivity contribution in [3.8, 4) is 23.0 Å². The molecule has 0 bridgehead atoms. The van der Waals surface area contributed by atoms with E-state index in [1.807, 2.05) is 10.9 Å². The van der Waals surface area contributed by atoms with E-state index in [9.17, 15) is 19.8 Å². The second-order valence-electron chi connectivity index (χ2n) is 5.72. The van der Waals surface area contributed by atoms with Crippen molar-refractivity contribution in [2.24, 2.45) is 10.2 Å². The monoisotopic (exact) mass is 414 g/mol. The highest BCUT2D eigenvalue weighted by Crippen LogP contribution is 2.26. The van der Waals surface area contributed by atoms with Gasteiger partial charge in [0.1, 0.15) is 0 Å². The SMILES string of the molecule is CCOc1ccc(C=NNC(=O)C(=O)NN=Cc2ccc(OCC)c(O)c2)cc1O. The van der Waals surface area contributed by atoms with Crippen LogP contribution in [0.4, 0.5) is 0 Å². The Hall–Kier alpha value is -4.08. The van der Waals surface area contributed by atoms with Crippen molar-refractivity contribution in [1.82, 2.24) is 10.9 Å². The Morgan fingerprint density at radius 2 is 1.23 bits per heavy atom. The van der Waals surface area contributed by atoms with Gasteiger partial charge < -0.3 is 19.7 Å². The number of amides is 2. The maximum absolute atomic E-state index is 11.7. The van der Waals surface area contributed by atoms with Crippen molar-refractivity contribution in [1.29, 1.82) is 0 Å². The van der Waals surface area contributed by atoms with Gasteiger partial charge in [0.2, 0.25) is 0 Å². The number of benzene rings is 2. The summed E-state index contributed by atoms with van der Waals surface area (Å²) in [6, 6.07) is 9.16. The van der Waals surface area contributed by atoms with Crippen molar-refractivity contribution in [3.05, 3.63) is 47.5 Å². The highest BCUT2D eigenvalue weighted by Gasteiger charge is 2.11. The second kappa shape index (κ2) is 11.1. The zero-order valence-corrected chi connectivity index (χ0v) is 16.5. The Kier molecular flexibility index (Phi) is 8.18. The largest absolute Gasteiger partial charge is 0.504 e. The highest BCUT2D eigenvalue weighted by molar-refractivity contribution is 6.35. The lowest BCUT2D eigenvalue weighted by Crippen LogP contribution is -2.35. The van der Waals surface area contributed by atoms with Crippen LogP contribution in [0.3, 0.4) is 0 Å². The standard InChI is InChI=1S/C20H22N4O6/c1-3-29-17-7-5-13(9-15(17)25)11-21-23-19(27)20(28)24-22-12-14-6-8-18(30-4-2)16(26)10-14/h5-12,25-26H,3-4H2,1-2H3,(H,23,27)(H,24,28). The molecule has 0 fully saturated rings. The Balaban J connectivity index is 1.85. The quantitative estimate of drug-likeness (QED) is 0.293. The van der Waals surface area contributed by atoms with E-state index < -0.39 is 11.8 Å². The zero-order chi connectivity index (χ0) is 21.9. The van der Waals surface area contributed by atoms with Gasteiger partial charge in [-0.3, -0.25) is 9.59 Å². The fourth-order valence-electron chi connectivity index (χ4n) is 2.22. The number of hydrogen-bond acceptors (Lipinski definition) is 8. The first-order chi connectivity index (χ1) is 14.4. The number of ether oxygens (including phenoxy) is 2. The van der Waals surface area contributed by atoms with Crippen molar-refractivity contribution in [2.75, 3.05) is 13.2 Å². The van der Waals surface area contributed by atoms with E-state index in [-0.39, 0.29) is 11.5 Å². The molecular formula is C20H22N4O6. The smallest absolute Gasteiger partial charge is 0.331 e. The lowest BCUT2D eigenvalue weighted by atomic mass is 10.2. The molecule has 0 unspecified atom stereocenters. The molecule has 0 aliphatic rings. The predicted octanol–water partition coefficient (Wildman–Crippen LogP) is 1.50. The molecule has 10 heteroatoms. The summed E-state index contributed by atoms with van der Waals surface area (Å²) in [5, 5.41) is 26.9. The van der Waals surface area contributed by atoms with E-state index >= 15 is 0 Å². The predicted molar refractivity (Wildman–Crippen MR) is 110 cm³/mol. The van der Waals surface area contributed by atoms with E-state index in [0.29, 0.717) is 35.8 Å². The maximum Gasteiger partial charge on any atom is 0.331 e. The summed E-state index contributed by atoms with van der Waals surface area (Å²) < 4.78 is 10.4. The van der Waals surface area contributed by atoms with Gasteiger partial charge in [-0.05, 0) is 61.4 Å². The first-order valence-corrected chi connectivity index (χ1v) is 9.02. The van der Waals surface area contributed by atoms with Crippen LogP contribution in [0.5, 0.6) is 23.0 Å². The molecule has 30 heavy (non-hydrogen) atoms. The van der Waals surface area contributed by atoms with Gasteiger partial charge in [0, 0.05) is 0 Å². The Morgan fingerprint density at radius 1 is 0.833 bits per heavy atom. The molecule has 0 heterocycles. The molecule has 0 aliphatic heterocycles. The van der Waals surface area contributed by atoms with E-state index in [1.165, 1.54) is 24.6 Å². The lowest BCUT2D eigenvalue weighted by molar-refractivity contribution is -0.139. The van der Waals surface area contributed by atoms with Gasteiger partial charge in [0.25, 0.3) is 0 Å². The first kappa shape index (κ1) is 22.2. The van der Waals surface area contributed by atoms with Crippen LogP contribution in [0.15, 0.2) is 46.6 Å². The lowest BCUT2D eigenvalue weighted by Gasteiger charge is -2.05. The molecule has 10 nitrogen and oxygen atoms in total. The number of aromatic hydroxyl groups is 2. The number of nitrogens with one attached hydrogen (secondary N) is 2. The molecule has 2 amide bonds. The molecule has 2 aromatic carbocycles. The Morgan fingerprint density at radius 3 is 1.57 bits per heavy atom. The van der Waals surface area contributed by atoms with Crippen LogP contribution in [0.1, 0.15) is 25.0 Å². The van der Waals surface area contributed by atoms with E-state index in [1.54, 1.807) is 38.1 Å². The molecule has 4 N–H and O–H groups in total. The summed E-state index contributed by atoms with van der Waals surface area (Å²) >= 11 is 0. The number of phenols is 2. The van der Waals surface area contributed by atoms with Crippen LogP contribution >= 0.6 is 0 Å². The van der Waals surface area contributed by atoms with Crippen LogP contribution in [-0.4, -0.2) is 47.7 Å². The van der Waals surface area contributed by atoms with Crippen LogP contribution in [0.2, 0.25) is 0 Å². The van der Waals surface area contributed by atoms with Gasteiger partial charge in [-0.2, -0.15) is 10.2 Å². The van der Waals surface area contributed by atoms with Crippen LogP contribution in [0.25, 0.3) is 0 Å². The molecular weight excluding hydrogens is 392 g/mol.